The maximum Gasteiger partial charge on any atom is 0.148 e. The quantitative estimate of drug-likeness (QED) is 0.154. The van der Waals surface area contributed by atoms with E-state index in [2.05, 4.69) is 11.1 Å². The Labute approximate surface area is 404 Å². The van der Waals surface area contributed by atoms with Gasteiger partial charge in [-0.05, 0) is 106 Å². The fraction of sp³-hybridized carbons (Fsp3) is 0.158. The van der Waals surface area contributed by atoms with Crippen LogP contribution in [0, 0.1) is 19.9 Å². The zero-order valence-electron chi connectivity index (χ0n) is 51.2. The Balaban J connectivity index is 0.00000822. The van der Waals surface area contributed by atoms with Gasteiger partial charge >= 0.3 is 0 Å². The molecule has 0 amide bonds. The maximum atomic E-state index is 11.8. The van der Waals surface area contributed by atoms with Gasteiger partial charge in [0.2, 0.25) is 0 Å². The minimum atomic E-state index is -3.94. The molecule has 0 aliphatic rings. The molecule has 0 radical (unpaired) electrons. The van der Waals surface area contributed by atoms with Crippen molar-refractivity contribution in [2.45, 2.75) is 59.6 Å². The molecule has 0 atom stereocenters. The molecule has 0 saturated heterocycles. The third kappa shape index (κ3) is 8.33. The average Bonchev–Trinajstić information content (AvgIpc) is 3.92. The van der Waals surface area contributed by atoms with Crippen molar-refractivity contribution < 1.29 is 49.5 Å². The molecule has 310 valence electrons. The van der Waals surface area contributed by atoms with Crippen LogP contribution in [0.25, 0.3) is 83.9 Å². The van der Waals surface area contributed by atoms with Crippen LogP contribution in [-0.2, 0) is 26.5 Å². The Kier molecular flexibility index (Phi) is 7.26. The van der Waals surface area contributed by atoms with Gasteiger partial charge in [0.25, 0.3) is 0 Å². The van der Waals surface area contributed by atoms with E-state index in [0.717, 1.165) is 16.7 Å². The van der Waals surface area contributed by atoms with Crippen LogP contribution in [0.4, 0.5) is 0 Å². The second kappa shape index (κ2) is 17.2. The van der Waals surface area contributed by atoms with Crippen LogP contribution in [0.3, 0.4) is 0 Å². The molecule has 62 heavy (non-hydrogen) atoms. The molecule has 2 heterocycles. The second-order valence-electron chi connectivity index (χ2n) is 15.3. The molecular weight excluding hydrogens is 938 g/mol. The molecule has 0 unspecified atom stereocenters. The van der Waals surface area contributed by atoms with Crippen LogP contribution < -0.4 is 0 Å². The van der Waals surface area contributed by atoms with Crippen LogP contribution in [-0.4, -0.2) is 19.6 Å². The third-order valence-electron chi connectivity index (χ3n) is 10.6. The fourth-order valence-corrected chi connectivity index (χ4v) is 7.55. The topological polar surface area (TPSA) is 50.9 Å². The van der Waals surface area contributed by atoms with E-state index in [1.54, 1.807) is 26.8 Å². The molecular formula is C57H50N3OPt-. The summed E-state index contributed by atoms with van der Waals surface area (Å²) in [4.78, 5) is 9.69. The molecule has 0 bridgehead atoms. The largest absolute Gasteiger partial charge is 0.507 e. The fourth-order valence-electron chi connectivity index (χ4n) is 7.55. The van der Waals surface area contributed by atoms with E-state index in [4.69, 9.17) is 25.5 Å². The summed E-state index contributed by atoms with van der Waals surface area (Å²) < 4.78 is 149. The monoisotopic (exact) mass is 1000 g/mol. The van der Waals surface area contributed by atoms with Crippen LogP contribution in [0.15, 0.2) is 164 Å². The Morgan fingerprint density at radius 2 is 1.37 bits per heavy atom. The predicted octanol–water partition coefficient (Wildman–Crippen LogP) is 15.0. The Morgan fingerprint density at radius 1 is 0.694 bits per heavy atom. The van der Waals surface area contributed by atoms with Crippen molar-refractivity contribution in [1.82, 2.24) is 14.5 Å². The first kappa shape index (κ1) is 26.2. The van der Waals surface area contributed by atoms with Crippen LogP contribution >= 0.6 is 0 Å². The molecule has 0 saturated carbocycles. The number of aromatic nitrogens is 3. The molecule has 0 aliphatic heterocycles. The van der Waals surface area contributed by atoms with Crippen LogP contribution in [0.5, 0.6) is 5.75 Å². The van der Waals surface area contributed by atoms with E-state index in [1.165, 1.54) is 0 Å². The zero-order valence-corrected chi connectivity index (χ0v) is 36.4. The summed E-state index contributed by atoms with van der Waals surface area (Å²) in [7, 11) is 0. The first-order valence-corrected chi connectivity index (χ1v) is 19.6. The number of pyridine rings is 1. The molecule has 2 aromatic heterocycles. The normalized spacial score (nSPS) is 16.3. The number of benzene rings is 7. The van der Waals surface area contributed by atoms with Gasteiger partial charge in [-0.25, -0.2) is 4.98 Å². The van der Waals surface area contributed by atoms with Gasteiger partial charge in [-0.3, -0.25) is 9.55 Å². The van der Waals surface area contributed by atoms with Gasteiger partial charge in [0.05, 0.1) is 26.2 Å². The number of nitrogens with zero attached hydrogens (tertiary/aromatic N) is 3. The van der Waals surface area contributed by atoms with Gasteiger partial charge < -0.3 is 5.11 Å². The minimum absolute atomic E-state index is 0. The number of hydrogen-bond donors (Lipinski definition) is 1. The summed E-state index contributed by atoms with van der Waals surface area (Å²) in [5.41, 5.74) is 1.27. The van der Waals surface area contributed by atoms with E-state index < -0.39 is 91.0 Å². The van der Waals surface area contributed by atoms with Gasteiger partial charge in [0.15, 0.2) is 0 Å². The zero-order chi connectivity index (χ0) is 56.9. The van der Waals surface area contributed by atoms with Gasteiger partial charge in [0, 0.05) is 52.3 Å². The average molecular weight is 1010 g/mol. The van der Waals surface area contributed by atoms with Crippen LogP contribution in [0.1, 0.15) is 85.9 Å². The predicted molar refractivity (Wildman–Crippen MR) is 254 cm³/mol. The molecule has 0 fully saturated rings. The van der Waals surface area contributed by atoms with Gasteiger partial charge in [-0.2, -0.15) is 0 Å². The van der Waals surface area contributed by atoms with Crippen molar-refractivity contribution in [2.24, 2.45) is 0 Å². The molecule has 0 spiro atoms. The van der Waals surface area contributed by atoms with E-state index in [0.29, 0.717) is 61.5 Å². The summed E-state index contributed by atoms with van der Waals surface area (Å²) in [6.07, 6.45) is -0.773. The number of fused-ring (bicyclic) bond motifs is 1. The number of hydrogen-bond acceptors (Lipinski definition) is 3. The molecule has 9 rings (SSSR count). The van der Waals surface area contributed by atoms with Crippen LogP contribution in [0.2, 0.25) is 0 Å². The third-order valence-corrected chi connectivity index (χ3v) is 10.6. The summed E-state index contributed by atoms with van der Waals surface area (Å²) in [6, 6.07) is 34.5. The first-order chi connectivity index (χ1) is 36.4. The van der Waals surface area contributed by atoms with E-state index in [1.807, 2.05) is 127 Å². The van der Waals surface area contributed by atoms with Gasteiger partial charge in [-0.15, -0.1) is 23.8 Å². The Morgan fingerprint density at radius 3 is 2.05 bits per heavy atom. The molecule has 5 heteroatoms. The minimum Gasteiger partial charge on any atom is -0.507 e. The number of phenolic OH excluding ortho intramolecular Hbond substituents is 1. The smallest absolute Gasteiger partial charge is 0.148 e. The van der Waals surface area contributed by atoms with Crippen molar-refractivity contribution in [3.05, 3.63) is 192 Å². The number of aromatic hydroxyl groups is 1. The van der Waals surface area contributed by atoms with E-state index >= 15 is 0 Å². The Bertz CT molecular complexity index is 3800. The molecule has 0 aliphatic carbocycles. The van der Waals surface area contributed by atoms with Gasteiger partial charge in [0.1, 0.15) is 11.6 Å². The number of para-hydroxylation sites is 1. The molecule has 4 nitrogen and oxygen atoms in total. The van der Waals surface area contributed by atoms with E-state index in [9.17, 15) is 7.85 Å². The summed E-state index contributed by atoms with van der Waals surface area (Å²) in [5.74, 6) is -0.653. The van der Waals surface area contributed by atoms with Crippen molar-refractivity contribution in [2.75, 3.05) is 0 Å². The van der Waals surface area contributed by atoms with Crippen molar-refractivity contribution in [3.8, 4) is 78.6 Å². The van der Waals surface area contributed by atoms with Crippen molar-refractivity contribution >= 4 is 11.0 Å². The summed E-state index contributed by atoms with van der Waals surface area (Å²) >= 11 is 0. The number of imidazole rings is 1. The number of phenols is 1. The summed E-state index contributed by atoms with van der Waals surface area (Å²) in [6.45, 7) is -4.48. The number of aryl methyl sites for hydroxylation is 2. The standard InChI is InChI=1S/C57H50N3O.Pt/c1-36(2)43-29-45(40-17-12-9-13-18-40)34-49(33-43)60-53-20-14-19-50(54(53)59-56(60)51-28-37(3)27-38(4)55(51)61)46-30-44(39-15-10-8-11-16-39)31-47(32-46)52-35-42(25-26-58-52)41-21-23-48(24-22-41)57(5,6)7;/h8-31,33-36,61H,1-7H3;/q-1;/i5D3,6D3,7D3,21D,22D,23D,24D,25D,26D,35D,36D;. The maximum absolute atomic E-state index is 11.8. The Hall–Kier alpha value is -6.35. The second-order valence-corrected chi connectivity index (χ2v) is 15.3. The first-order valence-electron chi connectivity index (χ1n) is 28.1. The van der Waals surface area contributed by atoms with Crippen molar-refractivity contribution in [1.29, 1.82) is 0 Å². The molecule has 1 N–H and O–H groups in total. The van der Waals surface area contributed by atoms with Gasteiger partial charge in [-0.1, -0.05) is 166 Å². The summed E-state index contributed by atoms with van der Waals surface area (Å²) in [5, 5.41) is 11.8. The molecule has 7 aromatic carbocycles. The SMILES string of the molecule is [2H]c1nc(-c2[c-]c(-c3cccc4c3nc(-c3cc(C)cc(C)c3O)n4-c3cc(-c4ccccc4)cc(C([2H])(C)C)c3)cc(-c3ccccc3)c2)c([2H])c(-c2c([2H])c([2H])c(C(C([2H])([2H])[2H])(C([2H])([2H])[2H])C([2H])([2H])[2H])c([2H])c2[2H])c1[2H].[Pt]. The molecule has 9 aromatic rings. The van der Waals surface area contributed by atoms with Crippen molar-refractivity contribution in [3.63, 3.8) is 0 Å². The number of rotatable bonds is 8. The van der Waals surface area contributed by atoms with E-state index in [-0.39, 0.29) is 38.1 Å².